The first-order chi connectivity index (χ1) is 7.09. The predicted octanol–water partition coefficient (Wildman–Crippen LogP) is 0.181. The molecule has 6 heteroatoms. The van der Waals surface area contributed by atoms with Crippen molar-refractivity contribution in [2.45, 2.75) is 20.4 Å². The van der Waals surface area contributed by atoms with Gasteiger partial charge in [-0.15, -0.1) is 5.10 Å². The van der Waals surface area contributed by atoms with E-state index in [2.05, 4.69) is 15.3 Å². The summed E-state index contributed by atoms with van der Waals surface area (Å²) < 4.78 is 3.07. The Morgan fingerprint density at radius 1 is 1.47 bits per heavy atom. The molecule has 15 heavy (non-hydrogen) atoms. The van der Waals surface area contributed by atoms with Gasteiger partial charge in [0, 0.05) is 13.6 Å². The van der Waals surface area contributed by atoms with Crippen molar-refractivity contribution >= 4 is 11.2 Å². The van der Waals surface area contributed by atoms with Gasteiger partial charge in [-0.3, -0.25) is 9.36 Å². The van der Waals surface area contributed by atoms with Gasteiger partial charge in [-0.1, -0.05) is 19.1 Å². The highest BCUT2D eigenvalue weighted by Crippen LogP contribution is 2.01. The van der Waals surface area contributed by atoms with Crippen LogP contribution in [0.1, 0.15) is 13.8 Å². The lowest BCUT2D eigenvalue weighted by Crippen LogP contribution is -2.23. The van der Waals surface area contributed by atoms with Crippen molar-refractivity contribution in [1.82, 2.24) is 24.5 Å². The molecule has 0 N–H and O–H groups in total. The fourth-order valence-electron chi connectivity index (χ4n) is 1.47. The molecule has 0 bridgehead atoms. The van der Waals surface area contributed by atoms with Crippen LogP contribution in [0.5, 0.6) is 0 Å². The largest absolute Gasteiger partial charge is 0.297 e. The quantitative estimate of drug-likeness (QED) is 0.704. The van der Waals surface area contributed by atoms with Crippen molar-refractivity contribution in [3.8, 4) is 0 Å². The minimum absolute atomic E-state index is 0.123. The number of aryl methyl sites for hydroxylation is 1. The molecule has 0 aliphatic heterocycles. The Labute approximate surface area is 86.5 Å². The van der Waals surface area contributed by atoms with Crippen LogP contribution < -0.4 is 5.56 Å². The first-order valence-electron chi connectivity index (χ1n) is 4.84. The number of aromatic nitrogens is 5. The molecule has 0 atom stereocenters. The van der Waals surface area contributed by atoms with E-state index in [4.69, 9.17) is 0 Å². The average molecular weight is 207 g/mol. The summed E-state index contributed by atoms with van der Waals surface area (Å²) in [5.41, 5.74) is 0.738. The van der Waals surface area contributed by atoms with Gasteiger partial charge in [0.25, 0.3) is 5.56 Å². The standard InChI is InChI=1S/C9H13N5O/c1-6(2)4-14-5-10-8-7(9(14)15)11-12-13(8)3/h5-6H,4H2,1-3H3. The molecule has 80 valence electrons. The Morgan fingerprint density at radius 3 is 2.87 bits per heavy atom. The summed E-state index contributed by atoms with van der Waals surface area (Å²) in [7, 11) is 1.72. The van der Waals surface area contributed by atoms with Gasteiger partial charge in [0.15, 0.2) is 11.2 Å². The maximum absolute atomic E-state index is 11.9. The molecule has 0 aromatic carbocycles. The minimum atomic E-state index is -0.123. The predicted molar refractivity (Wildman–Crippen MR) is 55.4 cm³/mol. The molecule has 6 nitrogen and oxygen atoms in total. The maximum Gasteiger partial charge on any atom is 0.283 e. The first kappa shape index (κ1) is 9.82. The zero-order valence-corrected chi connectivity index (χ0v) is 9.01. The summed E-state index contributed by atoms with van der Waals surface area (Å²) in [5.74, 6) is 0.402. The smallest absolute Gasteiger partial charge is 0.283 e. The Balaban J connectivity index is 2.61. The van der Waals surface area contributed by atoms with E-state index >= 15 is 0 Å². The van der Waals surface area contributed by atoms with E-state index in [1.165, 1.54) is 4.68 Å². The molecule has 2 aromatic heterocycles. The van der Waals surface area contributed by atoms with Gasteiger partial charge in [-0.05, 0) is 5.92 Å². The second-order valence-corrected chi connectivity index (χ2v) is 3.98. The zero-order chi connectivity index (χ0) is 11.0. The fraction of sp³-hybridized carbons (Fsp3) is 0.556. The molecule has 0 amide bonds. The molecule has 2 rings (SSSR count). The molecule has 0 unspecified atom stereocenters. The lowest BCUT2D eigenvalue weighted by atomic mass is 10.2. The molecule has 0 spiro atoms. The van der Waals surface area contributed by atoms with E-state index in [1.807, 2.05) is 13.8 Å². The third kappa shape index (κ3) is 1.62. The Kier molecular flexibility index (Phi) is 2.26. The second-order valence-electron chi connectivity index (χ2n) is 3.98. The summed E-state index contributed by atoms with van der Waals surface area (Å²) >= 11 is 0. The number of hydrogen-bond acceptors (Lipinski definition) is 4. The van der Waals surface area contributed by atoms with E-state index in [0.717, 1.165) is 0 Å². The highest BCUT2D eigenvalue weighted by molar-refractivity contribution is 5.67. The van der Waals surface area contributed by atoms with Gasteiger partial charge < -0.3 is 0 Å². The molecule has 0 radical (unpaired) electrons. The van der Waals surface area contributed by atoms with Crippen LogP contribution in [0.3, 0.4) is 0 Å². The summed E-state index contributed by atoms with van der Waals surface area (Å²) in [4.78, 5) is 16.0. The topological polar surface area (TPSA) is 65.6 Å². The van der Waals surface area contributed by atoms with E-state index in [0.29, 0.717) is 23.6 Å². The molecular weight excluding hydrogens is 194 g/mol. The van der Waals surface area contributed by atoms with E-state index < -0.39 is 0 Å². The normalized spacial score (nSPS) is 11.5. The third-order valence-corrected chi connectivity index (χ3v) is 2.14. The van der Waals surface area contributed by atoms with Gasteiger partial charge >= 0.3 is 0 Å². The number of hydrogen-bond donors (Lipinski definition) is 0. The van der Waals surface area contributed by atoms with Crippen molar-refractivity contribution in [1.29, 1.82) is 0 Å². The fourth-order valence-corrected chi connectivity index (χ4v) is 1.47. The summed E-state index contributed by atoms with van der Waals surface area (Å²) in [6.07, 6.45) is 1.55. The summed E-state index contributed by atoms with van der Waals surface area (Å²) in [5, 5.41) is 7.57. The highest BCUT2D eigenvalue weighted by atomic mass is 16.1. The number of rotatable bonds is 2. The maximum atomic E-state index is 11.9. The minimum Gasteiger partial charge on any atom is -0.297 e. The average Bonchev–Trinajstić information content (AvgIpc) is 2.53. The monoisotopic (exact) mass is 207 g/mol. The lowest BCUT2D eigenvalue weighted by Gasteiger charge is -2.06. The van der Waals surface area contributed by atoms with Crippen LogP contribution in [-0.2, 0) is 13.6 Å². The van der Waals surface area contributed by atoms with Gasteiger partial charge in [0.05, 0.1) is 0 Å². The van der Waals surface area contributed by atoms with Gasteiger partial charge in [-0.25, -0.2) is 9.67 Å². The second kappa shape index (κ2) is 3.45. The van der Waals surface area contributed by atoms with E-state index in [1.54, 1.807) is 17.9 Å². The van der Waals surface area contributed by atoms with Crippen LogP contribution in [0.2, 0.25) is 0 Å². The lowest BCUT2D eigenvalue weighted by molar-refractivity contribution is 0.508. The van der Waals surface area contributed by atoms with Crippen molar-refractivity contribution in [2.75, 3.05) is 0 Å². The summed E-state index contributed by atoms with van der Waals surface area (Å²) in [6.45, 7) is 4.75. The van der Waals surface area contributed by atoms with Gasteiger partial charge in [0.1, 0.15) is 6.33 Å². The summed E-state index contributed by atoms with van der Waals surface area (Å²) in [6, 6.07) is 0. The molecule has 0 saturated heterocycles. The molecule has 2 heterocycles. The third-order valence-electron chi connectivity index (χ3n) is 2.14. The van der Waals surface area contributed by atoms with Crippen molar-refractivity contribution in [3.63, 3.8) is 0 Å². The molecule has 0 fully saturated rings. The van der Waals surface area contributed by atoms with Crippen LogP contribution >= 0.6 is 0 Å². The van der Waals surface area contributed by atoms with Crippen LogP contribution in [0.4, 0.5) is 0 Å². The van der Waals surface area contributed by atoms with Gasteiger partial charge in [0.2, 0.25) is 0 Å². The molecule has 0 aliphatic carbocycles. The van der Waals surface area contributed by atoms with Crippen LogP contribution in [0.15, 0.2) is 11.1 Å². The number of fused-ring (bicyclic) bond motifs is 1. The van der Waals surface area contributed by atoms with Crippen molar-refractivity contribution < 1.29 is 0 Å². The molecule has 0 saturated carbocycles. The molecular formula is C9H13N5O. The van der Waals surface area contributed by atoms with Crippen molar-refractivity contribution in [2.24, 2.45) is 13.0 Å². The Bertz CT molecular complexity index is 539. The Hall–Kier alpha value is -1.72. The zero-order valence-electron chi connectivity index (χ0n) is 9.01. The van der Waals surface area contributed by atoms with Crippen LogP contribution in [-0.4, -0.2) is 24.5 Å². The first-order valence-corrected chi connectivity index (χ1v) is 4.84. The molecule has 0 aliphatic rings. The van der Waals surface area contributed by atoms with Crippen LogP contribution in [0.25, 0.3) is 11.2 Å². The SMILES string of the molecule is CC(C)Cn1cnc2c(nnn2C)c1=O. The van der Waals surface area contributed by atoms with Crippen molar-refractivity contribution in [3.05, 3.63) is 16.7 Å². The van der Waals surface area contributed by atoms with E-state index in [9.17, 15) is 4.79 Å². The number of nitrogens with zero attached hydrogens (tertiary/aromatic N) is 5. The van der Waals surface area contributed by atoms with E-state index in [-0.39, 0.29) is 5.56 Å². The highest BCUT2D eigenvalue weighted by Gasteiger charge is 2.09. The Morgan fingerprint density at radius 2 is 2.20 bits per heavy atom. The van der Waals surface area contributed by atoms with Crippen LogP contribution in [0, 0.1) is 5.92 Å². The van der Waals surface area contributed by atoms with Gasteiger partial charge in [-0.2, -0.15) is 0 Å². The molecule has 2 aromatic rings.